The molecule has 0 aromatic carbocycles. The van der Waals surface area contributed by atoms with Crippen molar-refractivity contribution >= 4 is 5.91 Å². The van der Waals surface area contributed by atoms with Gasteiger partial charge in [-0.05, 0) is 6.92 Å². The first-order valence-electron chi connectivity index (χ1n) is 0.954. The van der Waals surface area contributed by atoms with Gasteiger partial charge in [-0.15, -0.1) is 0 Å². The van der Waals surface area contributed by atoms with Crippen LogP contribution in [0.3, 0.4) is 0 Å². The minimum Gasteiger partial charge on any atom is -0.668 e. The van der Waals surface area contributed by atoms with E-state index in [1.165, 1.54) is 6.92 Å². The van der Waals surface area contributed by atoms with E-state index in [4.69, 9.17) is 10.5 Å². The van der Waals surface area contributed by atoms with Crippen LogP contribution in [-0.4, -0.2) is 5.91 Å². The zero-order valence-corrected chi connectivity index (χ0v) is 354. The van der Waals surface area contributed by atoms with Gasteiger partial charge in [0.2, 0.25) is 0 Å². The normalized spacial score (nSPS) is 0.234. The summed E-state index contributed by atoms with van der Waals surface area (Å²) in [7, 11) is 0. The van der Waals surface area contributed by atoms with Gasteiger partial charge >= 0.3 is 0 Å². The molecule has 107 heavy (non-hydrogen) atoms. The second-order valence-corrected chi connectivity index (χ2v) is 0.556. The minimum absolute atomic E-state index is 0. The van der Waals surface area contributed by atoms with Crippen molar-refractivity contribution < 1.29 is 3370 Å². The second kappa shape index (κ2) is 773. The largest absolute Gasteiger partial charge is 0.668 e. The molecule has 0 atom stereocenters. The molecule has 333 valence electrons. The van der Waals surface area contributed by atoms with Crippen LogP contribution in [0.1, 0.15) is 6.92 Å². The van der Waals surface area contributed by atoms with E-state index in [0.29, 0.717) is 0 Å². The third kappa shape index (κ3) is 807. The molecule has 0 bridgehead atoms. The minimum atomic E-state index is -0.583. The second-order valence-electron chi connectivity index (χ2n) is 0.556. The van der Waals surface area contributed by atoms with Gasteiger partial charge in [-0.3, -0.25) is 0 Å². The molecule has 0 aliphatic heterocycles. The van der Waals surface area contributed by atoms with Gasteiger partial charge in [-0.2, -0.15) is 0 Å². The Morgan fingerprint density at radius 1 is 0.0841 bits per heavy atom. The van der Waals surface area contributed by atoms with Gasteiger partial charge in [-0.25, -0.2) is 0 Å². The summed E-state index contributed by atoms with van der Waals surface area (Å²) in [6.45, 7) is 1.19. The Labute approximate surface area is 3260 Å². The average molecular weight is 9220 g/mol. The van der Waals surface area contributed by atoms with Crippen LogP contribution in [0.4, 0.5) is 0 Å². The molecular weight excluding hydrogens is 9210 g/mol. The summed E-state index contributed by atoms with van der Waals surface area (Å²) in [4.78, 5) is 9.11. The van der Waals surface area contributed by atoms with E-state index in [9.17, 15) is 0 Å². The molecule has 0 aromatic heterocycles. The Morgan fingerprint density at radius 3 is 0.0841 bits per heavy atom. The van der Waals surface area contributed by atoms with Gasteiger partial charge in [0.1, 0.15) is 0 Å². The SMILES string of the molecule is CC([NH-])=O.[Y].[Y].[Y].[Y].[Y].[Y].[Y].[Y].[Y].[Y].[Y].[Y].[Y].[Y].[Y].[Y].[Y].[Y].[Y].[Y].[Y].[Y].[Y].[Y].[Y].[Y].[Y].[Y].[Y].[Y].[Y].[Y].[Y].[Y].[Y].[Y].[Y].[Y].[Y].[Y].[Y].[Y].[Y].[Y].[Y].[Y].[Y].[Y].[Y].[Y].[Y].[Y].[Y].[Y].[Y].[Y].[Y].[Y].[Y].[Y].[Y].[Y].[Y].[Y].[Y].[Y].[Y].[Y].[Y].[Y].[Y].[Y].[Y].[Y].[Y].[Y].[Y].[Y].[Y].[Y].[Y].[Y].[Y].[Y].[Y].[Y].[Y].[Y].[Y].[Y].[Y].[Y].[Y].[Y].[Y].[Y].[Y].[Y].[Y].[Y].[Y].[Y].[Y]. The summed E-state index contributed by atoms with van der Waals surface area (Å²) in [5, 5.41) is 0. The van der Waals surface area contributed by atoms with E-state index >= 15 is 0 Å². The van der Waals surface area contributed by atoms with Crippen molar-refractivity contribution in [1.29, 1.82) is 0 Å². The Balaban J connectivity index is -0.00000000000857. The first kappa shape index (κ1) is 784. The van der Waals surface area contributed by atoms with Crippen molar-refractivity contribution in [3.8, 4) is 0 Å². The van der Waals surface area contributed by atoms with Gasteiger partial charge in [0.15, 0.2) is 0 Å². The third-order valence-corrected chi connectivity index (χ3v) is 0. The zero-order valence-electron chi connectivity index (χ0n) is 61.9. The summed E-state index contributed by atoms with van der Waals surface area (Å²) in [6, 6.07) is 0. The predicted octanol–water partition coefficient (Wildman–Crippen LogP) is 0.328. The van der Waals surface area contributed by atoms with Crippen LogP contribution in [0.15, 0.2) is 0 Å². The molecule has 2 nitrogen and oxygen atoms in total. The van der Waals surface area contributed by atoms with E-state index in [-0.39, 0.29) is 3370 Å². The summed E-state index contributed by atoms with van der Waals surface area (Å²) in [6.07, 6.45) is 0. The van der Waals surface area contributed by atoms with Gasteiger partial charge in [0, 0.05) is 3370 Å². The Morgan fingerprint density at radius 2 is 0.0841 bits per heavy atom. The van der Waals surface area contributed by atoms with Crippen molar-refractivity contribution in [2.24, 2.45) is 0 Å². The molecule has 103 radical (unpaired) electrons. The summed E-state index contributed by atoms with van der Waals surface area (Å²) >= 11 is 0. The molecule has 0 spiro atoms. The maximum absolute atomic E-state index is 9.11. The van der Waals surface area contributed by atoms with Gasteiger partial charge < -0.3 is 10.5 Å². The molecule has 1 N–H and O–H groups in total. The molecule has 0 aromatic rings. The topological polar surface area (TPSA) is 40.9 Å². The molecule has 0 unspecified atom stereocenters. The number of amides is 1. The van der Waals surface area contributed by atoms with Gasteiger partial charge in [0.05, 0.1) is 0 Å². The third-order valence-electron chi connectivity index (χ3n) is 0. The molecule has 0 aliphatic rings. The number of hydrogen-bond acceptors (Lipinski definition) is 1. The van der Waals surface area contributed by atoms with Crippen LogP contribution in [-0.2, 0) is 3370 Å². The Hall–Kier alpha value is 113. The quantitative estimate of drug-likeness (QED) is 0.346. The number of rotatable bonds is 0. The van der Waals surface area contributed by atoms with E-state index in [0.717, 1.165) is 0 Å². The molecule has 0 saturated heterocycles. The molecule has 0 heterocycles. The van der Waals surface area contributed by atoms with Crippen molar-refractivity contribution in [3.63, 3.8) is 0 Å². The van der Waals surface area contributed by atoms with Crippen molar-refractivity contribution in [1.82, 2.24) is 0 Å². The van der Waals surface area contributed by atoms with Crippen LogP contribution >= 0.6 is 0 Å². The number of carbonyl (C=O) groups is 1. The monoisotopic (exact) mass is 9220 g/mol. The Bertz CT molecular complexity index is 53.6. The first-order valence-corrected chi connectivity index (χ1v) is 0.954. The van der Waals surface area contributed by atoms with Crippen LogP contribution in [0, 0.1) is 0 Å². The molecule has 0 fully saturated rings. The number of carbonyl (C=O) groups excluding carboxylic acids is 1. The fraction of sp³-hybridized carbons (Fsp3) is 0.500. The first-order chi connectivity index (χ1) is 1.73. The fourth-order valence-electron chi connectivity index (χ4n) is 0. The molecule has 1 amide bonds. The van der Waals surface area contributed by atoms with E-state index in [1.807, 2.05) is 0 Å². The smallest absolute Gasteiger partial charge is 0.0456 e. The molecule has 0 aliphatic carbocycles. The van der Waals surface area contributed by atoms with E-state index < -0.39 is 5.91 Å². The number of nitrogens with one attached hydrogen (secondary N) is 1. The summed E-state index contributed by atoms with van der Waals surface area (Å²) in [5.41, 5.74) is 5.94. The van der Waals surface area contributed by atoms with Crippen molar-refractivity contribution in [2.75, 3.05) is 0 Å². The zero-order chi connectivity index (χ0) is 3.58. The fourth-order valence-corrected chi connectivity index (χ4v) is 0. The summed E-state index contributed by atoms with van der Waals surface area (Å²) < 4.78 is 0. The maximum atomic E-state index is 9.11. The van der Waals surface area contributed by atoms with Gasteiger partial charge in [0.25, 0.3) is 0 Å². The molecular formula is C2H4NOY103-. The summed E-state index contributed by atoms with van der Waals surface area (Å²) in [5.74, 6) is -0.583. The van der Waals surface area contributed by atoms with Crippen LogP contribution in [0.2, 0.25) is 0 Å². The Kier molecular flexibility index (Phi) is 5660. The predicted molar refractivity (Wildman–Crippen MR) is 15.0 cm³/mol. The molecule has 0 saturated carbocycles. The van der Waals surface area contributed by atoms with Gasteiger partial charge in [-0.1, -0.05) is 0 Å². The van der Waals surface area contributed by atoms with Crippen molar-refractivity contribution in [3.05, 3.63) is 5.73 Å². The maximum Gasteiger partial charge on any atom is 0.0456 e. The standard InChI is InChI=1S/C2H5NO.103Y/c1-2(3)4;;;;;;;;;;;;;;;;;;;;;;;;;;;;;;;;;;;;;;;;;;;;;;;;;;;;;;;;;;;;;;;;;;;;;;;;;;;;;;;;;;;;;;;;;;;;;;;;;;;;;;;/h1H3,(H2,3,4);;;;;;;;;;;;;;;;;;;;;;;;;;;;;;;;;;;;;;;;;;;;;;;;;;;;;;;;;;;;;;;;;;;;;;;;;;;;;;;;;;;;;;;;;;;;;;;;;;;;;;;/p-1. The van der Waals surface area contributed by atoms with Crippen LogP contribution < -0.4 is 0 Å². The van der Waals surface area contributed by atoms with Crippen molar-refractivity contribution in [2.45, 2.75) is 6.92 Å². The van der Waals surface area contributed by atoms with E-state index in [2.05, 4.69) is 0 Å². The van der Waals surface area contributed by atoms with E-state index in [1.54, 1.807) is 0 Å². The molecule has 0 rings (SSSR count). The van der Waals surface area contributed by atoms with Crippen LogP contribution in [0.25, 0.3) is 5.73 Å². The molecule has 105 heteroatoms. The number of hydrogen-bond donors (Lipinski definition) is 0. The average Bonchev–Trinajstić information content (AvgIpc) is 0.811. The van der Waals surface area contributed by atoms with Crippen LogP contribution in [0.5, 0.6) is 0 Å².